The molecule has 0 radical (unpaired) electrons. The summed E-state index contributed by atoms with van der Waals surface area (Å²) >= 11 is 0. The fraction of sp³-hybridized carbons (Fsp3) is 0.786. The molecule has 0 aliphatic rings. The highest BCUT2D eigenvalue weighted by Crippen LogP contribution is 2.07. The molecule has 4 heteroatoms. The van der Waals surface area contributed by atoms with Crippen molar-refractivity contribution in [3.05, 3.63) is 17.5 Å². The Hall–Kier alpha value is -0.870. The lowest BCUT2D eigenvalue weighted by atomic mass is 10.2. The Kier molecular flexibility index (Phi) is 7.69. The minimum absolute atomic E-state index is 0.791. The second-order valence-corrected chi connectivity index (χ2v) is 4.51. The highest BCUT2D eigenvalue weighted by Gasteiger charge is 2.04. The maximum atomic E-state index is 4.99. The van der Waals surface area contributed by atoms with E-state index in [0.29, 0.717) is 0 Å². The largest absolute Gasteiger partial charge is 0.383 e. The van der Waals surface area contributed by atoms with Crippen LogP contribution in [0.4, 0.5) is 0 Å². The summed E-state index contributed by atoms with van der Waals surface area (Å²) in [4.78, 5) is 0. The molecule has 0 spiro atoms. The number of aromatic nitrogens is 2. The predicted molar refractivity (Wildman–Crippen MR) is 75.0 cm³/mol. The van der Waals surface area contributed by atoms with Crippen LogP contribution in [0.3, 0.4) is 0 Å². The number of rotatable bonds is 10. The van der Waals surface area contributed by atoms with Gasteiger partial charge in [0.05, 0.1) is 12.3 Å². The molecule has 0 saturated heterocycles. The minimum Gasteiger partial charge on any atom is -0.383 e. The second kappa shape index (κ2) is 9.11. The minimum atomic E-state index is 0.791. The van der Waals surface area contributed by atoms with Crippen LogP contribution in [0.5, 0.6) is 0 Å². The monoisotopic (exact) mass is 253 g/mol. The molecule has 0 amide bonds. The Morgan fingerprint density at radius 3 is 2.72 bits per heavy atom. The van der Waals surface area contributed by atoms with Crippen LogP contribution >= 0.6 is 0 Å². The Morgan fingerprint density at radius 1 is 1.22 bits per heavy atom. The lowest BCUT2D eigenvalue weighted by molar-refractivity contribution is 0.199. The van der Waals surface area contributed by atoms with Crippen molar-refractivity contribution in [2.75, 3.05) is 26.8 Å². The first-order valence-electron chi connectivity index (χ1n) is 7.07. The van der Waals surface area contributed by atoms with Crippen molar-refractivity contribution in [2.24, 2.45) is 0 Å². The van der Waals surface area contributed by atoms with Gasteiger partial charge in [-0.1, -0.05) is 13.8 Å². The first-order chi connectivity index (χ1) is 8.81. The maximum Gasteiger partial charge on any atom is 0.0624 e. The Balaban J connectivity index is 2.20. The number of hydrogen-bond donors (Lipinski definition) is 1. The van der Waals surface area contributed by atoms with E-state index in [-0.39, 0.29) is 0 Å². The van der Waals surface area contributed by atoms with E-state index in [4.69, 9.17) is 4.74 Å². The third kappa shape index (κ3) is 5.19. The van der Waals surface area contributed by atoms with E-state index < -0.39 is 0 Å². The number of ether oxygens (including phenoxy) is 1. The molecule has 0 fully saturated rings. The highest BCUT2D eigenvalue weighted by atomic mass is 16.5. The topological polar surface area (TPSA) is 39.1 Å². The van der Waals surface area contributed by atoms with Crippen LogP contribution in [0.15, 0.2) is 6.07 Å². The number of aryl methyl sites for hydroxylation is 3. The molecule has 0 unspecified atom stereocenters. The summed E-state index contributed by atoms with van der Waals surface area (Å²) in [7, 11) is 1.73. The summed E-state index contributed by atoms with van der Waals surface area (Å²) in [5.74, 6) is 0. The zero-order valence-electron chi connectivity index (χ0n) is 12.0. The summed E-state index contributed by atoms with van der Waals surface area (Å²) in [6.45, 7) is 8.18. The summed E-state index contributed by atoms with van der Waals surface area (Å²) in [6, 6.07) is 2.23. The first kappa shape index (κ1) is 15.2. The summed E-state index contributed by atoms with van der Waals surface area (Å²) in [5.41, 5.74) is 2.57. The van der Waals surface area contributed by atoms with Gasteiger partial charge in [-0.05, 0) is 38.3 Å². The molecular weight excluding hydrogens is 226 g/mol. The molecule has 1 aromatic heterocycles. The van der Waals surface area contributed by atoms with Gasteiger partial charge < -0.3 is 10.1 Å². The average molecular weight is 253 g/mol. The third-order valence-electron chi connectivity index (χ3n) is 3.09. The smallest absolute Gasteiger partial charge is 0.0624 e. The zero-order valence-corrected chi connectivity index (χ0v) is 12.0. The second-order valence-electron chi connectivity index (χ2n) is 4.51. The first-order valence-corrected chi connectivity index (χ1v) is 7.07. The molecule has 0 aliphatic heterocycles. The quantitative estimate of drug-likeness (QED) is 0.648. The summed E-state index contributed by atoms with van der Waals surface area (Å²) in [6.07, 6.45) is 4.46. The Bertz CT molecular complexity index is 323. The number of unbranched alkanes of at least 4 members (excludes halogenated alkanes) is 1. The molecule has 0 aromatic carbocycles. The van der Waals surface area contributed by atoms with Crippen LogP contribution < -0.4 is 5.32 Å². The van der Waals surface area contributed by atoms with Crippen LogP contribution in [0.2, 0.25) is 0 Å². The SMILES string of the molecule is CCc1cc(CC)n(CCCCNCCOC)n1. The molecular formula is C14H27N3O. The fourth-order valence-electron chi connectivity index (χ4n) is 1.98. The summed E-state index contributed by atoms with van der Waals surface area (Å²) < 4.78 is 7.16. The molecule has 4 nitrogen and oxygen atoms in total. The maximum absolute atomic E-state index is 4.99. The van der Waals surface area contributed by atoms with E-state index in [9.17, 15) is 0 Å². The van der Waals surface area contributed by atoms with Crippen molar-refractivity contribution in [3.8, 4) is 0 Å². The van der Waals surface area contributed by atoms with Crippen molar-refractivity contribution in [1.82, 2.24) is 15.1 Å². The molecule has 0 aliphatic carbocycles. The lowest BCUT2D eigenvalue weighted by Crippen LogP contribution is -2.20. The molecule has 0 atom stereocenters. The van der Waals surface area contributed by atoms with Crippen LogP contribution in [-0.4, -0.2) is 36.6 Å². The van der Waals surface area contributed by atoms with E-state index in [1.807, 2.05) is 0 Å². The van der Waals surface area contributed by atoms with Crippen molar-refractivity contribution in [1.29, 1.82) is 0 Å². The molecule has 0 saturated carbocycles. The van der Waals surface area contributed by atoms with Crippen molar-refractivity contribution >= 4 is 0 Å². The predicted octanol–water partition coefficient (Wildman–Crippen LogP) is 2.02. The standard InChI is InChI=1S/C14H27N3O/c1-4-13-12-14(5-2)17(16-13)10-7-6-8-15-9-11-18-3/h12,15H,4-11H2,1-3H3. The molecule has 1 N–H and O–H groups in total. The number of methoxy groups -OCH3 is 1. The van der Waals surface area contributed by atoms with Crippen LogP contribution in [0.25, 0.3) is 0 Å². The van der Waals surface area contributed by atoms with E-state index in [1.165, 1.54) is 24.2 Å². The zero-order chi connectivity index (χ0) is 13.2. The van der Waals surface area contributed by atoms with Gasteiger partial charge in [0.1, 0.15) is 0 Å². The fourth-order valence-corrected chi connectivity index (χ4v) is 1.98. The summed E-state index contributed by atoms with van der Waals surface area (Å²) in [5, 5.41) is 7.99. The van der Waals surface area contributed by atoms with Gasteiger partial charge in [-0.15, -0.1) is 0 Å². The number of nitrogens with one attached hydrogen (secondary N) is 1. The third-order valence-corrected chi connectivity index (χ3v) is 3.09. The van der Waals surface area contributed by atoms with Gasteiger partial charge in [0.2, 0.25) is 0 Å². The van der Waals surface area contributed by atoms with Crippen molar-refractivity contribution < 1.29 is 4.74 Å². The molecule has 1 heterocycles. The average Bonchev–Trinajstić information content (AvgIpc) is 2.80. The van der Waals surface area contributed by atoms with Crippen molar-refractivity contribution in [2.45, 2.75) is 46.1 Å². The van der Waals surface area contributed by atoms with E-state index in [1.54, 1.807) is 7.11 Å². The molecule has 18 heavy (non-hydrogen) atoms. The molecule has 104 valence electrons. The van der Waals surface area contributed by atoms with Gasteiger partial charge in [0.25, 0.3) is 0 Å². The van der Waals surface area contributed by atoms with Gasteiger partial charge in [0.15, 0.2) is 0 Å². The van der Waals surface area contributed by atoms with Crippen LogP contribution in [0, 0.1) is 0 Å². The van der Waals surface area contributed by atoms with Crippen molar-refractivity contribution in [3.63, 3.8) is 0 Å². The molecule has 1 rings (SSSR count). The van der Waals surface area contributed by atoms with Gasteiger partial charge in [-0.25, -0.2) is 0 Å². The lowest BCUT2D eigenvalue weighted by Gasteiger charge is -2.06. The molecule has 1 aromatic rings. The van der Waals surface area contributed by atoms with E-state index >= 15 is 0 Å². The van der Waals surface area contributed by atoms with Gasteiger partial charge in [0, 0.05) is 25.9 Å². The van der Waals surface area contributed by atoms with Crippen LogP contribution in [0.1, 0.15) is 38.1 Å². The Morgan fingerprint density at radius 2 is 2.06 bits per heavy atom. The molecule has 0 bridgehead atoms. The van der Waals surface area contributed by atoms with E-state index in [2.05, 4.69) is 35.0 Å². The van der Waals surface area contributed by atoms with Gasteiger partial charge in [-0.3, -0.25) is 4.68 Å². The van der Waals surface area contributed by atoms with E-state index in [0.717, 1.165) is 39.1 Å². The number of nitrogens with zero attached hydrogens (tertiary/aromatic N) is 2. The number of hydrogen-bond acceptors (Lipinski definition) is 3. The van der Waals surface area contributed by atoms with Gasteiger partial charge >= 0.3 is 0 Å². The highest BCUT2D eigenvalue weighted by molar-refractivity contribution is 5.10. The normalized spacial score (nSPS) is 11.1. The van der Waals surface area contributed by atoms with Crippen LogP contribution in [-0.2, 0) is 24.1 Å². The van der Waals surface area contributed by atoms with Gasteiger partial charge in [-0.2, -0.15) is 5.10 Å². The Labute approximate surface area is 111 Å².